The first-order valence-corrected chi connectivity index (χ1v) is 17.9. The van der Waals surface area contributed by atoms with Crippen LogP contribution in [-0.4, -0.2) is 56.2 Å². The highest BCUT2D eigenvalue weighted by atomic mass is 32.1. The lowest BCUT2D eigenvalue weighted by molar-refractivity contribution is -0.692. The summed E-state index contributed by atoms with van der Waals surface area (Å²) in [4.78, 5) is 26.7. The van der Waals surface area contributed by atoms with Crippen LogP contribution < -0.4 is 9.88 Å². The second-order valence-corrected chi connectivity index (χ2v) is 12.5. The lowest BCUT2D eigenvalue weighted by atomic mass is 10.0. The Morgan fingerprint density at radius 2 is 1.52 bits per heavy atom. The smallest absolute Gasteiger partial charge is 0.411 e. The zero-order valence-electron chi connectivity index (χ0n) is 26.7. The number of ether oxygens (including phenoxy) is 3. The van der Waals surface area contributed by atoms with Gasteiger partial charge in [0.15, 0.2) is 12.4 Å². The van der Waals surface area contributed by atoms with Crippen LogP contribution in [0.4, 0.5) is 9.59 Å². The number of nitrogens with zero attached hydrogens (tertiary/aromatic N) is 2. The molecule has 242 valence electrons. The summed E-state index contributed by atoms with van der Waals surface area (Å²) >= 11 is 1.68. The van der Waals surface area contributed by atoms with E-state index >= 15 is 0 Å². The van der Waals surface area contributed by atoms with Gasteiger partial charge >= 0.3 is 12.2 Å². The van der Waals surface area contributed by atoms with E-state index in [0.717, 1.165) is 45.1 Å². The van der Waals surface area contributed by atoms with Gasteiger partial charge in [-0.3, -0.25) is 4.90 Å². The Morgan fingerprint density at radius 3 is 2.12 bits per heavy atom. The lowest BCUT2D eigenvalue weighted by Crippen LogP contribution is -2.53. The first-order chi connectivity index (χ1) is 20.7. The van der Waals surface area contributed by atoms with Crippen LogP contribution >= 0.6 is 11.3 Å². The van der Waals surface area contributed by atoms with Crippen molar-refractivity contribution < 1.29 is 28.4 Å². The molecule has 0 spiro atoms. The second kappa shape index (κ2) is 24.6. The molecule has 42 heavy (non-hydrogen) atoms. The molecule has 0 radical (unpaired) electrons. The molecule has 8 nitrogen and oxygen atoms in total. The number of rotatable bonds is 24. The summed E-state index contributed by atoms with van der Waals surface area (Å²) in [6, 6.07) is 0. The number of amides is 2. The summed E-state index contributed by atoms with van der Waals surface area (Å²) in [5.41, 5.74) is 2.10. The number of carbonyl (C=O) groups is 2. The molecule has 0 aromatic carbocycles. The van der Waals surface area contributed by atoms with Crippen molar-refractivity contribution in [2.24, 2.45) is 0 Å². The molecule has 2 unspecified atom stereocenters. The lowest BCUT2D eigenvalue weighted by Gasteiger charge is -2.38. The molecule has 0 aliphatic carbocycles. The molecule has 1 saturated heterocycles. The van der Waals surface area contributed by atoms with Crippen molar-refractivity contribution in [3.05, 3.63) is 17.1 Å². The molecule has 1 aromatic rings. The number of carbonyl (C=O) groups excluding carboxylic acids is 2. The van der Waals surface area contributed by atoms with Crippen molar-refractivity contribution in [3.63, 3.8) is 0 Å². The van der Waals surface area contributed by atoms with Crippen molar-refractivity contribution in [2.75, 3.05) is 26.8 Å². The quantitative estimate of drug-likeness (QED) is 0.0939. The van der Waals surface area contributed by atoms with Crippen LogP contribution in [0.1, 0.15) is 135 Å². The number of methoxy groups -OCH3 is 1. The average molecular weight is 611 g/mol. The Bertz CT molecular complexity index is 795. The molecule has 2 rings (SSSR count). The summed E-state index contributed by atoms with van der Waals surface area (Å²) in [5.74, 6) is 0. The number of alkyl carbamates (subject to hydrolysis) is 1. The van der Waals surface area contributed by atoms with Gasteiger partial charge in [0.05, 0.1) is 12.5 Å². The van der Waals surface area contributed by atoms with Crippen LogP contribution in [0.5, 0.6) is 0 Å². The first kappa shape index (κ1) is 36.3. The minimum Gasteiger partial charge on any atom is -0.453 e. The van der Waals surface area contributed by atoms with Gasteiger partial charge in [-0.05, 0) is 32.1 Å². The molecular formula is C33H60N3O5S+. The molecule has 1 fully saturated rings. The van der Waals surface area contributed by atoms with Gasteiger partial charge in [0.1, 0.15) is 12.6 Å². The number of hydrogen-bond donors (Lipinski definition) is 1. The molecule has 0 saturated carbocycles. The number of thiazole rings is 1. The second-order valence-electron chi connectivity index (χ2n) is 11.7. The number of nitrogens with one attached hydrogen (secondary N) is 1. The van der Waals surface area contributed by atoms with E-state index in [-0.39, 0.29) is 0 Å². The maximum absolute atomic E-state index is 12.6. The van der Waals surface area contributed by atoms with Gasteiger partial charge < -0.3 is 19.5 Å². The minimum absolute atomic E-state index is 0.432. The van der Waals surface area contributed by atoms with Crippen LogP contribution in [0.3, 0.4) is 0 Å². The maximum Gasteiger partial charge on any atom is 0.411 e. The third-order valence-electron chi connectivity index (χ3n) is 8.11. The standard InChI is InChI=1S/C33H59N3O5S/c1-3-4-5-6-7-8-9-10-11-12-13-14-15-16-18-23-34-32(37)41-30-22-21-27-40-31(30)36(33(38)39-2)25-20-17-19-24-35-26-28-42-29-35/h26,28-31H,3-25,27H2,1-2H3/p+1. The van der Waals surface area contributed by atoms with E-state index in [2.05, 4.69) is 33.9 Å². The van der Waals surface area contributed by atoms with Gasteiger partial charge in [-0.2, -0.15) is 4.57 Å². The van der Waals surface area contributed by atoms with Gasteiger partial charge in [0.25, 0.3) is 0 Å². The Morgan fingerprint density at radius 1 is 0.905 bits per heavy atom. The van der Waals surface area contributed by atoms with E-state index in [1.807, 2.05) is 0 Å². The van der Waals surface area contributed by atoms with Gasteiger partial charge in [0.2, 0.25) is 5.51 Å². The number of unbranched alkanes of at least 4 members (excludes halogenated alkanes) is 16. The number of aryl methyl sites for hydroxylation is 1. The summed E-state index contributed by atoms with van der Waals surface area (Å²) in [6.07, 6.45) is 24.2. The highest BCUT2D eigenvalue weighted by Gasteiger charge is 2.37. The fraction of sp³-hybridized carbons (Fsp3) is 0.848. The minimum atomic E-state index is -0.617. The highest BCUT2D eigenvalue weighted by Crippen LogP contribution is 2.22. The van der Waals surface area contributed by atoms with Crippen molar-refractivity contribution in [2.45, 2.75) is 154 Å². The zero-order chi connectivity index (χ0) is 30.1. The monoisotopic (exact) mass is 610 g/mol. The SMILES string of the molecule is CCCCCCCCCCCCCCCCCNC(=O)OC1CCCOC1N(CCCCC[n+]1ccsc1)C(=O)OC. The molecule has 2 atom stereocenters. The van der Waals surface area contributed by atoms with Crippen LogP contribution in [0, 0.1) is 0 Å². The van der Waals surface area contributed by atoms with E-state index in [1.165, 1.54) is 90.6 Å². The van der Waals surface area contributed by atoms with Crippen LogP contribution in [-0.2, 0) is 20.8 Å². The molecule has 2 amide bonds. The van der Waals surface area contributed by atoms with Gasteiger partial charge in [-0.1, -0.05) is 108 Å². The number of aromatic nitrogens is 1. The molecule has 1 aliphatic rings. The topological polar surface area (TPSA) is 81.0 Å². The van der Waals surface area contributed by atoms with Gasteiger partial charge in [-0.15, -0.1) is 0 Å². The third kappa shape index (κ3) is 16.7. The number of hydrogen-bond acceptors (Lipinski definition) is 6. The van der Waals surface area contributed by atoms with Crippen molar-refractivity contribution in [1.82, 2.24) is 10.2 Å². The van der Waals surface area contributed by atoms with E-state index in [4.69, 9.17) is 14.2 Å². The van der Waals surface area contributed by atoms with Crippen LogP contribution in [0.2, 0.25) is 0 Å². The average Bonchev–Trinajstić information content (AvgIpc) is 3.52. The predicted octanol–water partition coefficient (Wildman–Crippen LogP) is 8.38. The maximum atomic E-state index is 12.6. The zero-order valence-corrected chi connectivity index (χ0v) is 27.5. The predicted molar refractivity (Wildman–Crippen MR) is 170 cm³/mol. The molecule has 9 heteroatoms. The van der Waals surface area contributed by atoms with Crippen molar-refractivity contribution in [1.29, 1.82) is 0 Å². The molecule has 1 aromatic heterocycles. The van der Waals surface area contributed by atoms with Crippen molar-refractivity contribution in [3.8, 4) is 0 Å². The molecule has 1 N–H and O–H groups in total. The Balaban J connectivity index is 1.54. The van der Waals surface area contributed by atoms with Gasteiger partial charge in [0, 0.05) is 26.1 Å². The molecule has 1 aliphatic heterocycles. The fourth-order valence-electron chi connectivity index (χ4n) is 5.59. The van der Waals surface area contributed by atoms with Crippen LogP contribution in [0.15, 0.2) is 17.1 Å². The van der Waals surface area contributed by atoms with E-state index < -0.39 is 24.5 Å². The van der Waals surface area contributed by atoms with E-state index in [1.54, 1.807) is 16.2 Å². The van der Waals surface area contributed by atoms with Crippen molar-refractivity contribution >= 4 is 23.5 Å². The van der Waals surface area contributed by atoms with Gasteiger partial charge in [-0.25, -0.2) is 9.59 Å². The molecule has 0 bridgehead atoms. The molecular weight excluding hydrogens is 550 g/mol. The largest absolute Gasteiger partial charge is 0.453 e. The Kier molecular flexibility index (Phi) is 21.2. The summed E-state index contributed by atoms with van der Waals surface area (Å²) in [6.45, 7) is 4.89. The summed E-state index contributed by atoms with van der Waals surface area (Å²) in [5, 5.41) is 4.97. The molecule has 2 heterocycles. The highest BCUT2D eigenvalue weighted by molar-refractivity contribution is 7.07. The fourth-order valence-corrected chi connectivity index (χ4v) is 6.22. The summed E-state index contributed by atoms with van der Waals surface area (Å²) < 4.78 is 18.9. The van der Waals surface area contributed by atoms with E-state index in [0.29, 0.717) is 26.1 Å². The Labute approximate surface area is 259 Å². The first-order valence-electron chi connectivity index (χ1n) is 17.0. The third-order valence-corrected chi connectivity index (χ3v) is 8.78. The Hall–Kier alpha value is -1.87. The van der Waals surface area contributed by atoms with E-state index in [9.17, 15) is 9.59 Å². The van der Waals surface area contributed by atoms with Crippen LogP contribution in [0.25, 0.3) is 0 Å². The summed E-state index contributed by atoms with van der Waals surface area (Å²) in [7, 11) is 1.38. The normalized spacial score (nSPS) is 16.7.